The molecule has 1 amide bonds. The number of anilines is 1. The molecule has 5 rings (SSSR count). The van der Waals surface area contributed by atoms with Gasteiger partial charge in [-0.2, -0.15) is 0 Å². The van der Waals surface area contributed by atoms with E-state index in [1.165, 1.54) is 12.1 Å². The lowest BCUT2D eigenvalue weighted by molar-refractivity contribution is -0.131. The maximum Gasteiger partial charge on any atom is 0.356 e. The summed E-state index contributed by atoms with van der Waals surface area (Å²) in [6.45, 7) is 0. The number of nitrogens with zero attached hydrogens (tertiary/aromatic N) is 1. The molecule has 0 aliphatic carbocycles. The van der Waals surface area contributed by atoms with E-state index < -0.39 is 25.7 Å². The van der Waals surface area contributed by atoms with E-state index in [-0.39, 0.29) is 17.0 Å². The molecule has 0 spiro atoms. The number of aliphatic hydroxyl groups is 1. The highest BCUT2D eigenvalue weighted by Gasteiger charge is 2.49. The first-order valence-corrected chi connectivity index (χ1v) is 14.4. The van der Waals surface area contributed by atoms with Gasteiger partial charge in [-0.15, -0.1) is 0 Å². The minimum atomic E-state index is -4.35. The van der Waals surface area contributed by atoms with Gasteiger partial charge >= 0.3 is 7.60 Å². The standard InChI is InChI=1S/C30H27ClNO6P/c31-22-6-4-5-21(17-22)27(33)16-15-26-29(32(30(26)35)23-7-2-1-3-8-23)25-14-11-20(18-28(25)34)19-9-12-24(13-10-19)39(36,37)38/h1-14,17-18,26-27,29,33-34H,15-16H2,(H2,36,37,38)/t26-,27+,29-/m1/s1. The van der Waals surface area contributed by atoms with Crippen LogP contribution in [-0.4, -0.2) is 25.9 Å². The molecule has 4 aromatic rings. The molecule has 0 unspecified atom stereocenters. The van der Waals surface area contributed by atoms with Crippen LogP contribution in [0.3, 0.4) is 0 Å². The zero-order chi connectivity index (χ0) is 27.7. The van der Waals surface area contributed by atoms with Gasteiger partial charge in [0, 0.05) is 16.3 Å². The highest BCUT2D eigenvalue weighted by Crippen LogP contribution is 2.49. The summed E-state index contributed by atoms with van der Waals surface area (Å²) in [5.74, 6) is -0.523. The predicted octanol–water partition coefficient (Wildman–Crippen LogP) is 5.73. The molecular weight excluding hydrogens is 537 g/mol. The molecule has 0 bridgehead atoms. The minimum absolute atomic E-state index is 0.00499. The third-order valence-corrected chi connectivity index (χ3v) is 8.32. The van der Waals surface area contributed by atoms with Crippen LogP contribution in [0.5, 0.6) is 5.75 Å². The molecular formula is C30H27ClNO6P. The largest absolute Gasteiger partial charge is 0.508 e. The lowest BCUT2D eigenvalue weighted by Crippen LogP contribution is -2.55. The zero-order valence-electron chi connectivity index (χ0n) is 20.8. The Kier molecular flexibility index (Phi) is 7.63. The Balaban J connectivity index is 1.42. The second-order valence-electron chi connectivity index (χ2n) is 9.61. The summed E-state index contributed by atoms with van der Waals surface area (Å²) in [5.41, 5.74) is 3.33. The minimum Gasteiger partial charge on any atom is -0.508 e. The van der Waals surface area contributed by atoms with Crippen molar-refractivity contribution >= 4 is 36.1 Å². The molecule has 0 saturated carbocycles. The summed E-state index contributed by atoms with van der Waals surface area (Å²) in [6.07, 6.45) is -0.0263. The zero-order valence-corrected chi connectivity index (χ0v) is 22.4. The number of halogens is 1. The Labute approximate surface area is 231 Å². The van der Waals surface area contributed by atoms with Crippen LogP contribution < -0.4 is 10.2 Å². The van der Waals surface area contributed by atoms with Gasteiger partial charge in [-0.3, -0.25) is 9.36 Å². The maximum atomic E-state index is 13.3. The van der Waals surface area contributed by atoms with Crippen LogP contribution in [0.15, 0.2) is 97.1 Å². The van der Waals surface area contributed by atoms with Crippen molar-refractivity contribution in [3.05, 3.63) is 113 Å². The van der Waals surface area contributed by atoms with Gasteiger partial charge in [-0.1, -0.05) is 66.2 Å². The van der Waals surface area contributed by atoms with Crippen molar-refractivity contribution in [3.63, 3.8) is 0 Å². The van der Waals surface area contributed by atoms with E-state index in [2.05, 4.69) is 0 Å². The summed E-state index contributed by atoms with van der Waals surface area (Å²) in [4.78, 5) is 33.7. The average molecular weight is 564 g/mol. The van der Waals surface area contributed by atoms with Gasteiger partial charge in [0.1, 0.15) is 5.75 Å². The van der Waals surface area contributed by atoms with E-state index >= 15 is 0 Å². The molecule has 3 atom stereocenters. The van der Waals surface area contributed by atoms with Crippen LogP contribution >= 0.6 is 19.2 Å². The summed E-state index contributed by atoms with van der Waals surface area (Å²) < 4.78 is 11.5. The van der Waals surface area contributed by atoms with E-state index in [0.29, 0.717) is 40.1 Å². The van der Waals surface area contributed by atoms with Crippen LogP contribution in [0.4, 0.5) is 5.69 Å². The summed E-state index contributed by atoms with van der Waals surface area (Å²) in [7, 11) is -4.35. The first-order valence-electron chi connectivity index (χ1n) is 12.4. The van der Waals surface area contributed by atoms with Crippen molar-refractivity contribution in [2.24, 2.45) is 5.92 Å². The van der Waals surface area contributed by atoms with Crippen LogP contribution in [0.25, 0.3) is 11.1 Å². The van der Waals surface area contributed by atoms with Gasteiger partial charge in [0.15, 0.2) is 0 Å². The highest BCUT2D eigenvalue weighted by atomic mass is 35.5. The van der Waals surface area contributed by atoms with Crippen LogP contribution in [-0.2, 0) is 9.36 Å². The first kappa shape index (κ1) is 27.1. The Morgan fingerprint density at radius 2 is 1.56 bits per heavy atom. The molecule has 9 heteroatoms. The fourth-order valence-electron chi connectivity index (χ4n) is 5.10. The number of phenols is 1. The van der Waals surface area contributed by atoms with Crippen molar-refractivity contribution in [2.75, 3.05) is 4.90 Å². The van der Waals surface area contributed by atoms with Gasteiger partial charge in [0.2, 0.25) is 5.91 Å². The second-order valence-corrected chi connectivity index (χ2v) is 11.6. The van der Waals surface area contributed by atoms with E-state index in [1.54, 1.807) is 53.4 Å². The van der Waals surface area contributed by atoms with E-state index in [0.717, 1.165) is 5.69 Å². The lowest BCUT2D eigenvalue weighted by Gasteiger charge is -2.48. The van der Waals surface area contributed by atoms with Gasteiger partial charge in [0.25, 0.3) is 0 Å². The van der Waals surface area contributed by atoms with E-state index in [1.807, 2.05) is 36.4 Å². The molecule has 200 valence electrons. The number of hydrogen-bond donors (Lipinski definition) is 4. The number of carbonyl (C=O) groups excluding carboxylic acids is 1. The molecule has 1 fully saturated rings. The number of aliphatic hydroxyl groups excluding tert-OH is 1. The number of para-hydroxylation sites is 1. The molecule has 1 aliphatic heterocycles. The number of aromatic hydroxyl groups is 1. The number of phenolic OH excluding ortho intramolecular Hbond substituents is 1. The molecule has 0 radical (unpaired) electrons. The third kappa shape index (κ3) is 5.64. The Bertz CT molecular complexity index is 1540. The fourth-order valence-corrected chi connectivity index (χ4v) is 5.84. The van der Waals surface area contributed by atoms with Crippen molar-refractivity contribution in [1.82, 2.24) is 0 Å². The molecule has 4 aromatic carbocycles. The second kappa shape index (κ2) is 11.0. The number of amides is 1. The molecule has 7 nitrogen and oxygen atoms in total. The lowest BCUT2D eigenvalue weighted by atomic mass is 9.77. The Morgan fingerprint density at radius 3 is 2.21 bits per heavy atom. The topological polar surface area (TPSA) is 118 Å². The van der Waals surface area contributed by atoms with Crippen LogP contribution in [0.2, 0.25) is 5.02 Å². The van der Waals surface area contributed by atoms with Crippen molar-refractivity contribution in [2.45, 2.75) is 25.0 Å². The number of β-lactam (4-membered cyclic amide) rings is 1. The Morgan fingerprint density at radius 1 is 0.872 bits per heavy atom. The van der Waals surface area contributed by atoms with E-state index in [4.69, 9.17) is 11.6 Å². The Hall–Kier alpha value is -3.45. The molecule has 1 saturated heterocycles. The maximum absolute atomic E-state index is 13.3. The number of hydrogen-bond acceptors (Lipinski definition) is 4. The summed E-state index contributed by atoms with van der Waals surface area (Å²) >= 11 is 6.07. The normalized spacial score (nSPS) is 18.1. The first-order chi connectivity index (χ1) is 18.6. The third-order valence-electron chi connectivity index (χ3n) is 7.12. The van der Waals surface area contributed by atoms with Crippen LogP contribution in [0, 0.1) is 5.92 Å². The summed E-state index contributed by atoms with van der Waals surface area (Å²) in [6, 6.07) is 26.9. The van der Waals surface area contributed by atoms with Gasteiger partial charge in [0.05, 0.1) is 23.4 Å². The molecule has 1 aliphatic rings. The molecule has 4 N–H and O–H groups in total. The van der Waals surface area contributed by atoms with Crippen molar-refractivity contribution in [1.29, 1.82) is 0 Å². The van der Waals surface area contributed by atoms with Gasteiger partial charge in [-0.05, 0) is 72.0 Å². The van der Waals surface area contributed by atoms with Gasteiger partial charge < -0.3 is 24.9 Å². The predicted molar refractivity (Wildman–Crippen MR) is 151 cm³/mol. The van der Waals surface area contributed by atoms with E-state index in [9.17, 15) is 29.4 Å². The van der Waals surface area contributed by atoms with Gasteiger partial charge in [-0.25, -0.2) is 0 Å². The average Bonchev–Trinajstić information content (AvgIpc) is 2.92. The molecule has 1 heterocycles. The molecule has 39 heavy (non-hydrogen) atoms. The monoisotopic (exact) mass is 563 g/mol. The smallest absolute Gasteiger partial charge is 0.356 e. The van der Waals surface area contributed by atoms with Crippen molar-refractivity contribution in [3.8, 4) is 16.9 Å². The quantitative estimate of drug-likeness (QED) is 0.160. The summed E-state index contributed by atoms with van der Waals surface area (Å²) in [5, 5.41) is 22.3. The number of carbonyl (C=O) groups is 1. The van der Waals surface area contributed by atoms with Crippen LogP contribution in [0.1, 0.15) is 36.1 Å². The molecule has 0 aromatic heterocycles. The number of rotatable bonds is 8. The number of benzene rings is 4. The fraction of sp³-hybridized carbons (Fsp3) is 0.167. The van der Waals surface area contributed by atoms with Crippen molar-refractivity contribution < 1.29 is 29.4 Å². The SMILES string of the molecule is O=C1[C@H](CC[C@H](O)c2cccc(Cl)c2)[C@@H](c2ccc(-c3ccc(P(=O)(O)O)cc3)cc2O)N1c1ccccc1. The highest BCUT2D eigenvalue weighted by molar-refractivity contribution is 7.60.